The summed E-state index contributed by atoms with van der Waals surface area (Å²) in [6.45, 7) is 14.1. The molecule has 0 aliphatic rings. The van der Waals surface area contributed by atoms with Gasteiger partial charge in [-0.1, -0.05) is 110 Å². The molecule has 0 spiro atoms. The van der Waals surface area contributed by atoms with Crippen molar-refractivity contribution in [2.45, 2.75) is 34.6 Å². The van der Waals surface area contributed by atoms with Crippen molar-refractivity contribution >= 4 is 29.0 Å². The van der Waals surface area contributed by atoms with Crippen LogP contribution in [0.2, 0.25) is 0 Å². The number of nitrogens with zero attached hydrogens (tertiary/aromatic N) is 6. The van der Waals surface area contributed by atoms with E-state index in [0.717, 1.165) is 67.2 Å². The Morgan fingerprint density at radius 3 is 1.74 bits per heavy atom. The molecule has 1 aromatic heterocycles. The minimum absolute atomic E-state index is 0.595. The van der Waals surface area contributed by atoms with Gasteiger partial charge in [0, 0.05) is 35.2 Å². The van der Waals surface area contributed by atoms with Crippen molar-refractivity contribution in [3.05, 3.63) is 151 Å². The molecule has 0 saturated heterocycles. The smallest absolute Gasteiger partial charge is 0.164 e. The highest BCUT2D eigenvalue weighted by molar-refractivity contribution is 6.02. The van der Waals surface area contributed by atoms with E-state index in [0.29, 0.717) is 17.5 Å². The standard InChI is InChI=1S/C44H42N6/c1-8-14-30(4)47-32(6)35-20-24-37(25-21-35)40-26-39(36-22-18-34(19-23-36)31(5)46-29-45-7)27-41(28-40)44-49-42(33(10-3)15-9-2)48-43(50-44)38-16-12-11-13-17-38/h8-29H,6H2,1-5,7H3/b14-8-,15-9-,33-10+,45-29?,46-31?,47-30?. The van der Waals surface area contributed by atoms with E-state index in [1.165, 1.54) is 0 Å². The summed E-state index contributed by atoms with van der Waals surface area (Å²) in [5, 5.41) is 0. The first-order chi connectivity index (χ1) is 24.3. The van der Waals surface area contributed by atoms with Gasteiger partial charge in [0.25, 0.3) is 0 Å². The maximum atomic E-state index is 5.03. The quantitative estimate of drug-likeness (QED) is 0.0808. The summed E-state index contributed by atoms with van der Waals surface area (Å²) in [5.74, 6) is 1.83. The molecular formula is C44H42N6. The molecule has 4 aromatic carbocycles. The second kappa shape index (κ2) is 16.8. The van der Waals surface area contributed by atoms with Gasteiger partial charge in [0.1, 0.15) is 6.34 Å². The van der Waals surface area contributed by atoms with Gasteiger partial charge in [-0.05, 0) is 92.3 Å². The Hall–Kier alpha value is -6.14. The molecule has 0 unspecified atom stereocenters. The van der Waals surface area contributed by atoms with Crippen LogP contribution in [0.1, 0.15) is 51.6 Å². The molecule has 0 saturated carbocycles. The predicted molar refractivity (Wildman–Crippen MR) is 214 cm³/mol. The molecule has 0 bridgehead atoms. The third-order valence-corrected chi connectivity index (χ3v) is 8.05. The monoisotopic (exact) mass is 654 g/mol. The van der Waals surface area contributed by atoms with Gasteiger partial charge >= 0.3 is 0 Å². The number of allylic oxidation sites excluding steroid dienone is 6. The SMILES string of the molecule is C=C(N=C(C)/C=C\C)c1ccc(-c2cc(-c3ccc(C(C)=NC=NC)cc3)cc(-c3nc(C(/C=C\C)=C/C)nc(-c4ccccc4)n3)c2)cc1. The summed E-state index contributed by atoms with van der Waals surface area (Å²) >= 11 is 0. The molecule has 50 heavy (non-hydrogen) atoms. The fraction of sp³-hybridized carbons (Fsp3) is 0.136. The van der Waals surface area contributed by atoms with Crippen molar-refractivity contribution in [3.63, 3.8) is 0 Å². The van der Waals surface area contributed by atoms with Crippen LogP contribution >= 0.6 is 0 Å². The van der Waals surface area contributed by atoms with Crippen LogP contribution in [0.15, 0.2) is 149 Å². The zero-order valence-electron chi connectivity index (χ0n) is 29.6. The second-order valence-corrected chi connectivity index (χ2v) is 11.7. The lowest BCUT2D eigenvalue weighted by Crippen LogP contribution is -2.02. The van der Waals surface area contributed by atoms with Crippen LogP contribution in [-0.4, -0.2) is 39.8 Å². The second-order valence-electron chi connectivity index (χ2n) is 11.7. The lowest BCUT2D eigenvalue weighted by atomic mass is 9.94. The number of aromatic nitrogens is 3. The third-order valence-electron chi connectivity index (χ3n) is 8.05. The van der Waals surface area contributed by atoms with Crippen LogP contribution in [0.5, 0.6) is 0 Å². The molecule has 0 amide bonds. The Morgan fingerprint density at radius 2 is 1.18 bits per heavy atom. The Kier molecular flexibility index (Phi) is 11.8. The van der Waals surface area contributed by atoms with Gasteiger partial charge < -0.3 is 0 Å². The Labute approximate surface area is 295 Å². The van der Waals surface area contributed by atoms with E-state index in [4.69, 9.17) is 15.0 Å². The zero-order valence-corrected chi connectivity index (χ0v) is 29.6. The third kappa shape index (κ3) is 8.65. The first-order valence-corrected chi connectivity index (χ1v) is 16.6. The lowest BCUT2D eigenvalue weighted by molar-refractivity contribution is 1.04. The van der Waals surface area contributed by atoms with E-state index >= 15 is 0 Å². The predicted octanol–water partition coefficient (Wildman–Crippen LogP) is 11.0. The molecule has 248 valence electrons. The summed E-state index contributed by atoms with van der Waals surface area (Å²) in [5.41, 5.74) is 11.4. The van der Waals surface area contributed by atoms with Crippen molar-refractivity contribution in [2.24, 2.45) is 15.0 Å². The van der Waals surface area contributed by atoms with Gasteiger partial charge in [-0.3, -0.25) is 9.98 Å². The average molecular weight is 655 g/mol. The highest BCUT2D eigenvalue weighted by atomic mass is 15.0. The molecule has 0 atom stereocenters. The van der Waals surface area contributed by atoms with E-state index in [9.17, 15) is 0 Å². The van der Waals surface area contributed by atoms with Gasteiger partial charge in [-0.2, -0.15) is 0 Å². The molecule has 5 rings (SSSR count). The van der Waals surface area contributed by atoms with E-state index < -0.39 is 0 Å². The lowest BCUT2D eigenvalue weighted by Gasteiger charge is -2.13. The van der Waals surface area contributed by atoms with Crippen molar-refractivity contribution in [2.75, 3.05) is 7.05 Å². The molecule has 1 heterocycles. The Bertz CT molecular complexity index is 2150. The number of aliphatic imine (C=N–C) groups is 3. The average Bonchev–Trinajstić information content (AvgIpc) is 3.16. The molecule has 6 heteroatoms. The topological polar surface area (TPSA) is 75.8 Å². The highest BCUT2D eigenvalue weighted by Gasteiger charge is 2.15. The van der Waals surface area contributed by atoms with Gasteiger partial charge in [0.2, 0.25) is 0 Å². The number of hydrogen-bond donors (Lipinski definition) is 0. The van der Waals surface area contributed by atoms with Crippen LogP contribution in [0, 0.1) is 0 Å². The van der Waals surface area contributed by atoms with E-state index in [-0.39, 0.29) is 0 Å². The Morgan fingerprint density at radius 1 is 0.620 bits per heavy atom. The number of hydrogen-bond acceptors (Lipinski definition) is 5. The maximum Gasteiger partial charge on any atom is 0.164 e. The minimum atomic E-state index is 0.595. The van der Waals surface area contributed by atoms with Crippen LogP contribution in [0.3, 0.4) is 0 Å². The molecule has 0 aliphatic heterocycles. The van der Waals surface area contributed by atoms with Crippen molar-refractivity contribution in [3.8, 4) is 45.0 Å². The van der Waals surface area contributed by atoms with Crippen LogP contribution in [-0.2, 0) is 0 Å². The fourth-order valence-electron chi connectivity index (χ4n) is 5.45. The van der Waals surface area contributed by atoms with Gasteiger partial charge in [0.15, 0.2) is 17.5 Å². The summed E-state index contributed by atoms with van der Waals surface area (Å²) < 4.78 is 0. The molecule has 0 N–H and O–H groups in total. The highest BCUT2D eigenvalue weighted by Crippen LogP contribution is 2.34. The first-order valence-electron chi connectivity index (χ1n) is 16.6. The number of benzene rings is 4. The maximum absolute atomic E-state index is 5.03. The van der Waals surface area contributed by atoms with Crippen LogP contribution in [0.4, 0.5) is 0 Å². The molecule has 5 aromatic rings. The fourth-order valence-corrected chi connectivity index (χ4v) is 5.45. The van der Waals surface area contributed by atoms with Crippen molar-refractivity contribution < 1.29 is 0 Å². The summed E-state index contributed by atoms with van der Waals surface area (Å²) in [7, 11) is 1.71. The molecule has 0 fully saturated rings. The van der Waals surface area contributed by atoms with Crippen LogP contribution in [0.25, 0.3) is 56.3 Å². The first kappa shape index (κ1) is 35.2. The minimum Gasteiger partial charge on any atom is -0.277 e. The van der Waals surface area contributed by atoms with E-state index in [1.807, 2.05) is 95.3 Å². The normalized spacial score (nSPS) is 12.8. The molecule has 0 radical (unpaired) electrons. The zero-order chi connectivity index (χ0) is 35.5. The molecule has 0 aliphatic carbocycles. The summed E-state index contributed by atoms with van der Waals surface area (Å²) in [6.07, 6.45) is 11.6. The molecular weight excluding hydrogens is 613 g/mol. The molecule has 6 nitrogen and oxygen atoms in total. The van der Waals surface area contributed by atoms with Gasteiger partial charge in [-0.15, -0.1) is 0 Å². The van der Waals surface area contributed by atoms with E-state index in [1.54, 1.807) is 13.4 Å². The Balaban J connectivity index is 1.68. The largest absolute Gasteiger partial charge is 0.277 e. The van der Waals surface area contributed by atoms with Gasteiger partial charge in [0.05, 0.1) is 5.70 Å². The van der Waals surface area contributed by atoms with Gasteiger partial charge in [-0.25, -0.2) is 19.9 Å². The summed E-state index contributed by atoms with van der Waals surface area (Å²) in [6, 6.07) is 33.3. The van der Waals surface area contributed by atoms with Crippen molar-refractivity contribution in [1.29, 1.82) is 0 Å². The van der Waals surface area contributed by atoms with Crippen molar-refractivity contribution in [1.82, 2.24) is 15.0 Å². The summed E-state index contributed by atoms with van der Waals surface area (Å²) in [4.78, 5) is 28.0. The van der Waals surface area contributed by atoms with E-state index in [2.05, 4.69) is 88.3 Å². The van der Waals surface area contributed by atoms with Crippen LogP contribution < -0.4 is 0 Å². The number of rotatable bonds is 11.